The third-order valence-electron chi connectivity index (χ3n) is 3.07. The van der Waals surface area contributed by atoms with Crippen molar-refractivity contribution in [3.63, 3.8) is 0 Å². The van der Waals surface area contributed by atoms with E-state index in [1.807, 2.05) is 55.5 Å². The molecule has 0 spiro atoms. The summed E-state index contributed by atoms with van der Waals surface area (Å²) >= 11 is 0. The first kappa shape index (κ1) is 14.0. The van der Waals surface area contributed by atoms with Crippen molar-refractivity contribution in [1.29, 1.82) is 5.26 Å². The molecular weight excluding hydrogens is 248 g/mol. The molecule has 0 saturated carbocycles. The first-order valence-electron chi connectivity index (χ1n) is 6.73. The molecular formula is C17H18N2O. The summed E-state index contributed by atoms with van der Waals surface area (Å²) in [4.78, 5) is 0. The molecule has 0 aliphatic carbocycles. The van der Waals surface area contributed by atoms with Crippen LogP contribution in [0.4, 0.5) is 5.69 Å². The Bertz CT molecular complexity index is 616. The highest BCUT2D eigenvalue weighted by molar-refractivity contribution is 5.57. The predicted octanol–water partition coefficient (Wildman–Crippen LogP) is 4.13. The Morgan fingerprint density at radius 2 is 2.00 bits per heavy atom. The molecule has 2 aromatic rings. The van der Waals surface area contributed by atoms with E-state index < -0.39 is 0 Å². The van der Waals surface area contributed by atoms with Gasteiger partial charge in [-0.3, -0.25) is 0 Å². The molecule has 102 valence electrons. The third kappa shape index (κ3) is 3.30. The van der Waals surface area contributed by atoms with E-state index in [2.05, 4.69) is 18.3 Å². The number of nitrogens with one attached hydrogen (secondary N) is 1. The maximum absolute atomic E-state index is 8.96. The molecule has 3 heteroatoms. The summed E-state index contributed by atoms with van der Waals surface area (Å²) in [6.45, 7) is 4.67. The van der Waals surface area contributed by atoms with Crippen molar-refractivity contribution in [3.05, 3.63) is 59.7 Å². The second-order valence-electron chi connectivity index (χ2n) is 4.53. The maximum Gasteiger partial charge on any atom is 0.142 e. The molecule has 1 unspecified atom stereocenters. The van der Waals surface area contributed by atoms with E-state index in [0.29, 0.717) is 12.2 Å². The normalized spacial score (nSPS) is 11.4. The number of anilines is 1. The molecule has 0 saturated heterocycles. The highest BCUT2D eigenvalue weighted by atomic mass is 16.5. The molecule has 0 amide bonds. The highest BCUT2D eigenvalue weighted by Crippen LogP contribution is 2.28. The van der Waals surface area contributed by atoms with Gasteiger partial charge in [0, 0.05) is 6.04 Å². The van der Waals surface area contributed by atoms with E-state index in [4.69, 9.17) is 10.00 Å². The number of para-hydroxylation sites is 2. The Hall–Kier alpha value is -2.47. The van der Waals surface area contributed by atoms with E-state index in [1.54, 1.807) is 0 Å². The van der Waals surface area contributed by atoms with Crippen LogP contribution in [0.5, 0.6) is 5.75 Å². The summed E-state index contributed by atoms with van der Waals surface area (Å²) in [6.07, 6.45) is 0. The van der Waals surface area contributed by atoms with E-state index in [1.165, 1.54) is 0 Å². The van der Waals surface area contributed by atoms with Gasteiger partial charge in [-0.1, -0.05) is 24.3 Å². The van der Waals surface area contributed by atoms with Crippen molar-refractivity contribution in [1.82, 2.24) is 0 Å². The van der Waals surface area contributed by atoms with Crippen LogP contribution in [0.25, 0.3) is 0 Å². The molecule has 3 nitrogen and oxygen atoms in total. The number of nitrogens with zero attached hydrogens (tertiary/aromatic N) is 1. The van der Waals surface area contributed by atoms with Gasteiger partial charge in [-0.25, -0.2) is 0 Å². The average Bonchev–Trinajstić information content (AvgIpc) is 2.49. The van der Waals surface area contributed by atoms with Crippen LogP contribution in [-0.2, 0) is 0 Å². The van der Waals surface area contributed by atoms with Crippen LogP contribution in [0.2, 0.25) is 0 Å². The van der Waals surface area contributed by atoms with Gasteiger partial charge in [0.2, 0.25) is 0 Å². The minimum absolute atomic E-state index is 0.102. The maximum atomic E-state index is 8.96. The summed E-state index contributed by atoms with van der Waals surface area (Å²) < 4.78 is 5.60. The fourth-order valence-electron chi connectivity index (χ4n) is 2.06. The van der Waals surface area contributed by atoms with Crippen LogP contribution in [0.1, 0.15) is 31.0 Å². The standard InChI is InChI=1S/C17H18N2O/c1-3-20-17-10-5-4-9-16(17)19-13(2)15-8-6-7-14(11-15)12-18/h4-11,13,19H,3H2,1-2H3. The van der Waals surface area contributed by atoms with E-state index in [0.717, 1.165) is 17.0 Å². The van der Waals surface area contributed by atoms with Gasteiger partial charge in [0.1, 0.15) is 5.75 Å². The van der Waals surface area contributed by atoms with Crippen molar-refractivity contribution in [3.8, 4) is 11.8 Å². The zero-order valence-electron chi connectivity index (χ0n) is 11.8. The minimum atomic E-state index is 0.102. The van der Waals surface area contributed by atoms with Gasteiger partial charge >= 0.3 is 0 Å². The van der Waals surface area contributed by atoms with E-state index in [-0.39, 0.29) is 6.04 Å². The van der Waals surface area contributed by atoms with Crippen LogP contribution in [0, 0.1) is 11.3 Å². The van der Waals surface area contributed by atoms with Crippen LogP contribution in [-0.4, -0.2) is 6.61 Å². The second-order valence-corrected chi connectivity index (χ2v) is 4.53. The van der Waals surface area contributed by atoms with Crippen molar-refractivity contribution in [2.45, 2.75) is 19.9 Å². The van der Waals surface area contributed by atoms with E-state index in [9.17, 15) is 0 Å². The van der Waals surface area contributed by atoms with Gasteiger partial charge < -0.3 is 10.1 Å². The number of rotatable bonds is 5. The molecule has 0 fully saturated rings. The lowest BCUT2D eigenvalue weighted by Crippen LogP contribution is -2.08. The Morgan fingerprint density at radius 1 is 1.20 bits per heavy atom. The van der Waals surface area contributed by atoms with Crippen LogP contribution in [0.3, 0.4) is 0 Å². The molecule has 0 bridgehead atoms. The summed E-state index contributed by atoms with van der Waals surface area (Å²) in [5, 5.41) is 12.4. The van der Waals surface area contributed by atoms with E-state index >= 15 is 0 Å². The molecule has 2 aromatic carbocycles. The second kappa shape index (κ2) is 6.63. The number of ether oxygens (including phenoxy) is 1. The predicted molar refractivity (Wildman–Crippen MR) is 80.8 cm³/mol. The summed E-state index contributed by atoms with van der Waals surface area (Å²) in [5.41, 5.74) is 2.72. The summed E-state index contributed by atoms with van der Waals surface area (Å²) in [7, 11) is 0. The van der Waals surface area contributed by atoms with Crippen molar-refractivity contribution in [2.75, 3.05) is 11.9 Å². The van der Waals surface area contributed by atoms with Gasteiger partial charge in [-0.2, -0.15) is 5.26 Å². The van der Waals surface area contributed by atoms with Crippen LogP contribution in [0.15, 0.2) is 48.5 Å². The first-order valence-corrected chi connectivity index (χ1v) is 6.73. The number of benzene rings is 2. The molecule has 0 aliphatic rings. The number of hydrogen-bond acceptors (Lipinski definition) is 3. The molecule has 1 N–H and O–H groups in total. The molecule has 0 heterocycles. The molecule has 1 atom stereocenters. The molecule has 0 radical (unpaired) electrons. The SMILES string of the molecule is CCOc1ccccc1NC(C)c1cccc(C#N)c1. The number of nitriles is 1. The minimum Gasteiger partial charge on any atom is -0.492 e. The van der Waals surface area contributed by atoms with Gasteiger partial charge in [-0.15, -0.1) is 0 Å². The molecule has 0 aromatic heterocycles. The highest BCUT2D eigenvalue weighted by Gasteiger charge is 2.09. The lowest BCUT2D eigenvalue weighted by atomic mass is 10.1. The topological polar surface area (TPSA) is 45.0 Å². The fourth-order valence-corrected chi connectivity index (χ4v) is 2.06. The Balaban J connectivity index is 2.19. The summed E-state index contributed by atoms with van der Waals surface area (Å²) in [5.74, 6) is 0.846. The molecule has 2 rings (SSSR count). The quantitative estimate of drug-likeness (QED) is 0.885. The lowest BCUT2D eigenvalue weighted by molar-refractivity contribution is 0.341. The van der Waals surface area contributed by atoms with Gasteiger partial charge in [0.25, 0.3) is 0 Å². The summed E-state index contributed by atoms with van der Waals surface area (Å²) in [6, 6.07) is 17.8. The van der Waals surface area contributed by atoms with Crippen molar-refractivity contribution in [2.24, 2.45) is 0 Å². The Kier molecular flexibility index (Phi) is 4.62. The molecule has 20 heavy (non-hydrogen) atoms. The zero-order chi connectivity index (χ0) is 14.4. The first-order chi connectivity index (χ1) is 9.74. The fraction of sp³-hybridized carbons (Fsp3) is 0.235. The zero-order valence-corrected chi connectivity index (χ0v) is 11.8. The molecule has 0 aliphatic heterocycles. The third-order valence-corrected chi connectivity index (χ3v) is 3.07. The van der Waals surface area contributed by atoms with Crippen molar-refractivity contribution < 1.29 is 4.74 Å². The Morgan fingerprint density at radius 3 is 2.75 bits per heavy atom. The smallest absolute Gasteiger partial charge is 0.142 e. The van der Waals surface area contributed by atoms with Crippen LogP contribution < -0.4 is 10.1 Å². The largest absolute Gasteiger partial charge is 0.492 e. The average molecular weight is 266 g/mol. The van der Waals surface area contributed by atoms with Gasteiger partial charge in [-0.05, 0) is 43.7 Å². The van der Waals surface area contributed by atoms with Crippen LogP contribution >= 0.6 is 0 Å². The van der Waals surface area contributed by atoms with Gasteiger partial charge in [0.05, 0.1) is 23.9 Å². The van der Waals surface area contributed by atoms with Crippen molar-refractivity contribution >= 4 is 5.69 Å². The Labute approximate surface area is 119 Å². The monoisotopic (exact) mass is 266 g/mol. The number of hydrogen-bond donors (Lipinski definition) is 1. The lowest BCUT2D eigenvalue weighted by Gasteiger charge is -2.18. The van der Waals surface area contributed by atoms with Gasteiger partial charge in [0.15, 0.2) is 0 Å².